The number of hydrogen-bond donors (Lipinski definition) is 0. The molecule has 0 radical (unpaired) electrons. The van der Waals surface area contributed by atoms with Crippen molar-refractivity contribution >= 4 is 5.95 Å². The van der Waals surface area contributed by atoms with Gasteiger partial charge < -0.3 is 4.74 Å². The van der Waals surface area contributed by atoms with Gasteiger partial charge in [0.25, 0.3) is 0 Å². The topological polar surface area (TPSA) is 88.7 Å². The highest BCUT2D eigenvalue weighted by Crippen LogP contribution is 2.37. The molecule has 12 heteroatoms. The zero-order chi connectivity index (χ0) is 16.4. The summed E-state index contributed by atoms with van der Waals surface area (Å²) in [5, 5.41) is 6.86. The van der Waals surface area contributed by atoms with Gasteiger partial charge in [0.15, 0.2) is 0 Å². The predicted octanol–water partition coefficient (Wildman–Crippen LogP) is 3.74. The molecule has 0 atom stereocenters. The number of halogens is 5. The molecule has 1 aromatic heterocycles. The van der Waals surface area contributed by atoms with Crippen LogP contribution in [0.15, 0.2) is 35.7 Å². The van der Waals surface area contributed by atoms with Gasteiger partial charge in [0.2, 0.25) is 5.95 Å². The maximum Gasteiger partial charge on any atom is 0.499 e. The Labute approximate surface area is 118 Å². The van der Waals surface area contributed by atoms with Crippen molar-refractivity contribution in [2.24, 2.45) is 5.11 Å². The van der Waals surface area contributed by atoms with E-state index in [1.165, 1.54) is 18.5 Å². The molecule has 0 spiro atoms. The van der Waals surface area contributed by atoms with Gasteiger partial charge in [-0.05, 0) is 34.9 Å². The fourth-order valence-corrected chi connectivity index (χ4v) is 1.34. The summed E-state index contributed by atoms with van der Waals surface area (Å²) in [5.74, 6) is -0.854. The van der Waals surface area contributed by atoms with Crippen molar-refractivity contribution in [2.45, 2.75) is 12.3 Å². The second-order valence-electron chi connectivity index (χ2n) is 3.79. The number of aromatic nitrogens is 3. The Bertz CT molecular complexity index is 703. The summed E-state index contributed by atoms with van der Waals surface area (Å²) in [5.41, 5.74) is 8.49. The van der Waals surface area contributed by atoms with Crippen LogP contribution in [0.25, 0.3) is 16.1 Å². The third-order valence-corrected chi connectivity index (χ3v) is 2.29. The van der Waals surface area contributed by atoms with E-state index in [-0.39, 0.29) is 11.6 Å². The average Bonchev–Trinajstić information content (AvgIpc) is 2.87. The van der Waals surface area contributed by atoms with Gasteiger partial charge in [-0.3, -0.25) is 0 Å². The van der Waals surface area contributed by atoms with Gasteiger partial charge in [-0.2, -0.15) is 22.0 Å². The largest absolute Gasteiger partial charge is 0.499 e. The summed E-state index contributed by atoms with van der Waals surface area (Å²) in [6.45, 7) is 0. The van der Waals surface area contributed by atoms with Crippen LogP contribution in [-0.4, -0.2) is 27.0 Å². The molecule has 1 aromatic carbocycles. The SMILES string of the molecule is [N-]=[N+]=Nc1ncn(-c2ccc(OC(F)(F)C(F)(F)F)cc2)n1. The quantitative estimate of drug-likeness (QED) is 0.372. The lowest BCUT2D eigenvalue weighted by molar-refractivity contribution is -0.360. The Balaban J connectivity index is 2.18. The lowest BCUT2D eigenvalue weighted by atomic mass is 10.3. The molecule has 0 amide bonds. The lowest BCUT2D eigenvalue weighted by Gasteiger charge is -2.20. The molecule has 7 nitrogen and oxygen atoms in total. The highest BCUT2D eigenvalue weighted by atomic mass is 19.4. The molecule has 0 fully saturated rings. The number of hydrogen-bond acceptors (Lipinski definition) is 4. The van der Waals surface area contributed by atoms with E-state index >= 15 is 0 Å². The normalized spacial score (nSPS) is 11.9. The van der Waals surface area contributed by atoms with Crippen molar-refractivity contribution in [3.8, 4) is 11.4 Å². The molecular formula is C10H5F5N6O. The standard InChI is InChI=1S/C10H5F5N6O/c11-9(12,13)10(14,15)22-7-3-1-6(2-4-7)21-5-17-8(19-21)18-20-16/h1-5H. The molecule has 22 heavy (non-hydrogen) atoms. The minimum atomic E-state index is -5.82. The molecule has 0 unspecified atom stereocenters. The van der Waals surface area contributed by atoms with Crippen molar-refractivity contribution in [3.05, 3.63) is 41.0 Å². The van der Waals surface area contributed by atoms with Crippen LogP contribution in [0.3, 0.4) is 0 Å². The fourth-order valence-electron chi connectivity index (χ4n) is 1.34. The number of alkyl halides is 5. The van der Waals surface area contributed by atoms with E-state index < -0.39 is 18.0 Å². The van der Waals surface area contributed by atoms with E-state index in [9.17, 15) is 22.0 Å². The van der Waals surface area contributed by atoms with Crippen molar-refractivity contribution in [2.75, 3.05) is 0 Å². The smallest absolute Gasteiger partial charge is 0.426 e. The van der Waals surface area contributed by atoms with Crippen molar-refractivity contribution in [1.29, 1.82) is 0 Å². The van der Waals surface area contributed by atoms with Crippen LogP contribution in [0.2, 0.25) is 0 Å². The Hall–Kier alpha value is -2.88. The van der Waals surface area contributed by atoms with Gasteiger partial charge in [0.1, 0.15) is 12.1 Å². The number of rotatable bonds is 4. The first kappa shape index (κ1) is 15.5. The van der Waals surface area contributed by atoms with E-state index in [0.29, 0.717) is 0 Å². The molecule has 0 aliphatic carbocycles. The number of azide groups is 1. The van der Waals surface area contributed by atoms with Crippen LogP contribution < -0.4 is 4.74 Å². The molecule has 0 bridgehead atoms. The Morgan fingerprint density at radius 3 is 2.32 bits per heavy atom. The Morgan fingerprint density at radius 2 is 1.77 bits per heavy atom. The van der Waals surface area contributed by atoms with Crippen LogP contribution in [0.5, 0.6) is 5.75 Å². The van der Waals surface area contributed by atoms with Gasteiger partial charge in [-0.1, -0.05) is 0 Å². The number of ether oxygens (including phenoxy) is 1. The van der Waals surface area contributed by atoms with Crippen LogP contribution in [-0.2, 0) is 0 Å². The number of benzene rings is 1. The summed E-state index contributed by atoms with van der Waals surface area (Å²) >= 11 is 0. The molecule has 2 rings (SSSR count). The average molecular weight is 320 g/mol. The van der Waals surface area contributed by atoms with Crippen LogP contribution in [0.1, 0.15) is 0 Å². The first-order chi connectivity index (χ1) is 10.2. The maximum atomic E-state index is 12.7. The van der Waals surface area contributed by atoms with Crippen LogP contribution >= 0.6 is 0 Å². The van der Waals surface area contributed by atoms with Gasteiger partial charge in [0.05, 0.1) is 5.69 Å². The van der Waals surface area contributed by atoms with E-state index in [2.05, 4.69) is 24.8 Å². The van der Waals surface area contributed by atoms with Crippen molar-refractivity contribution in [1.82, 2.24) is 14.8 Å². The molecule has 116 valence electrons. The van der Waals surface area contributed by atoms with E-state index in [4.69, 9.17) is 5.53 Å². The molecule has 2 aromatic rings. The molecule has 1 heterocycles. The summed E-state index contributed by atoms with van der Waals surface area (Å²) in [6.07, 6.45) is -9.94. The van der Waals surface area contributed by atoms with Gasteiger partial charge in [-0.25, -0.2) is 9.67 Å². The number of nitrogens with zero attached hydrogens (tertiary/aromatic N) is 6. The zero-order valence-electron chi connectivity index (χ0n) is 10.4. The highest BCUT2D eigenvalue weighted by molar-refractivity contribution is 5.37. The first-order valence-corrected chi connectivity index (χ1v) is 5.44. The van der Waals surface area contributed by atoms with E-state index in [0.717, 1.165) is 16.8 Å². The van der Waals surface area contributed by atoms with Crippen LogP contribution in [0.4, 0.5) is 27.9 Å². The van der Waals surface area contributed by atoms with E-state index in [1.54, 1.807) is 0 Å². The molecule has 0 aliphatic rings. The molecule has 0 N–H and O–H groups in total. The third-order valence-electron chi connectivity index (χ3n) is 2.29. The van der Waals surface area contributed by atoms with Gasteiger partial charge in [-0.15, -0.1) is 5.10 Å². The highest BCUT2D eigenvalue weighted by Gasteiger charge is 2.61. The minimum absolute atomic E-state index is 0.175. The third kappa shape index (κ3) is 3.23. The molecule has 0 aliphatic heterocycles. The summed E-state index contributed by atoms with van der Waals surface area (Å²) in [7, 11) is 0. The zero-order valence-corrected chi connectivity index (χ0v) is 10.4. The molecule has 0 saturated carbocycles. The lowest BCUT2D eigenvalue weighted by Crippen LogP contribution is -2.41. The second kappa shape index (κ2) is 5.48. The monoisotopic (exact) mass is 320 g/mol. The molecule has 0 saturated heterocycles. The first-order valence-electron chi connectivity index (χ1n) is 5.44. The second-order valence-corrected chi connectivity index (χ2v) is 3.79. The van der Waals surface area contributed by atoms with Crippen molar-refractivity contribution < 1.29 is 26.7 Å². The summed E-state index contributed by atoms with van der Waals surface area (Å²) in [6, 6.07) is 4.17. The predicted molar refractivity (Wildman–Crippen MR) is 61.8 cm³/mol. The summed E-state index contributed by atoms with van der Waals surface area (Å²) in [4.78, 5) is 6.09. The van der Waals surface area contributed by atoms with Crippen molar-refractivity contribution in [3.63, 3.8) is 0 Å². The Morgan fingerprint density at radius 1 is 1.14 bits per heavy atom. The van der Waals surface area contributed by atoms with Gasteiger partial charge >= 0.3 is 12.3 Å². The van der Waals surface area contributed by atoms with E-state index in [1.807, 2.05) is 0 Å². The minimum Gasteiger partial charge on any atom is -0.426 e. The molecular weight excluding hydrogens is 315 g/mol. The maximum absolute atomic E-state index is 12.7. The Kier molecular flexibility index (Phi) is 3.87. The van der Waals surface area contributed by atoms with Crippen LogP contribution in [0, 0.1) is 0 Å². The fraction of sp³-hybridized carbons (Fsp3) is 0.200. The van der Waals surface area contributed by atoms with Gasteiger partial charge in [0, 0.05) is 4.91 Å². The summed E-state index contributed by atoms with van der Waals surface area (Å²) < 4.78 is 66.2.